The second-order valence-electron chi connectivity index (χ2n) is 3.27. The average molecular weight is 268 g/mol. The predicted octanol–water partition coefficient (Wildman–Crippen LogP) is 1.32. The van der Waals surface area contributed by atoms with Gasteiger partial charge in [-0.1, -0.05) is 13.8 Å². The van der Waals surface area contributed by atoms with Crippen LogP contribution in [0.2, 0.25) is 0 Å². The van der Waals surface area contributed by atoms with Gasteiger partial charge >= 0.3 is 0 Å². The molecule has 104 valence electrons. The number of thiol groups is 1. The minimum absolute atomic E-state index is 0.0568. The fourth-order valence-electron chi connectivity index (χ4n) is 1.59. The number of hydrogen-bond acceptors (Lipinski definition) is 6. The smallest absolute Gasteiger partial charge is 0.114 e. The van der Waals surface area contributed by atoms with Crippen LogP contribution in [-0.4, -0.2) is 59.0 Å². The van der Waals surface area contributed by atoms with Crippen molar-refractivity contribution in [3.8, 4) is 0 Å². The first-order valence-electron chi connectivity index (χ1n) is 5.84. The Kier molecular flexibility index (Phi) is 11.4. The molecular formula is C11H24O5S. The topological polar surface area (TPSA) is 46.2 Å². The third kappa shape index (κ3) is 6.03. The molecule has 1 saturated heterocycles. The number of hydrogen-bond donors (Lipinski definition) is 1. The molecule has 0 radical (unpaired) electrons. The summed E-state index contributed by atoms with van der Waals surface area (Å²) in [6, 6.07) is 0. The first-order chi connectivity index (χ1) is 8.33. The third-order valence-corrected chi connectivity index (χ3v) is 2.49. The Hall–Kier alpha value is 0.150. The van der Waals surface area contributed by atoms with Crippen LogP contribution in [0, 0.1) is 0 Å². The summed E-state index contributed by atoms with van der Waals surface area (Å²) in [5.41, 5.74) is 0. The molecule has 5 nitrogen and oxygen atoms in total. The van der Waals surface area contributed by atoms with Gasteiger partial charge in [0, 0.05) is 14.2 Å². The lowest BCUT2D eigenvalue weighted by Crippen LogP contribution is -2.36. The zero-order valence-corrected chi connectivity index (χ0v) is 11.9. The van der Waals surface area contributed by atoms with Gasteiger partial charge in [-0.05, 0) is 12.9 Å². The van der Waals surface area contributed by atoms with Crippen molar-refractivity contribution in [1.82, 2.24) is 0 Å². The maximum atomic E-state index is 5.57. The van der Waals surface area contributed by atoms with E-state index in [9.17, 15) is 0 Å². The molecule has 3 unspecified atom stereocenters. The van der Waals surface area contributed by atoms with Crippen LogP contribution in [0.3, 0.4) is 0 Å². The highest BCUT2D eigenvalue weighted by Crippen LogP contribution is 2.20. The lowest BCUT2D eigenvalue weighted by molar-refractivity contribution is -0.0562. The highest BCUT2D eigenvalue weighted by atomic mass is 32.1. The van der Waals surface area contributed by atoms with Gasteiger partial charge in [-0.25, -0.2) is 0 Å². The van der Waals surface area contributed by atoms with E-state index in [4.69, 9.17) is 23.1 Å². The zero-order chi connectivity index (χ0) is 13.1. The minimum Gasteiger partial charge on any atom is -0.382 e. The summed E-state index contributed by atoms with van der Waals surface area (Å²) in [7, 11) is 3.28. The molecule has 1 aliphatic rings. The first-order valence-corrected chi connectivity index (χ1v) is 6.21. The molecule has 0 N–H and O–H groups in total. The van der Waals surface area contributed by atoms with Crippen LogP contribution in [0.1, 0.15) is 13.8 Å². The van der Waals surface area contributed by atoms with Crippen molar-refractivity contribution in [3.05, 3.63) is 0 Å². The molecule has 0 saturated carbocycles. The summed E-state index contributed by atoms with van der Waals surface area (Å²) in [5, 5.41) is 0. The number of rotatable bonds is 7. The minimum atomic E-state index is -0.111. The molecule has 17 heavy (non-hydrogen) atoms. The van der Waals surface area contributed by atoms with Crippen LogP contribution in [0.25, 0.3) is 0 Å². The molecule has 3 atom stereocenters. The molecule has 6 heteroatoms. The van der Waals surface area contributed by atoms with Crippen LogP contribution < -0.4 is 0 Å². The monoisotopic (exact) mass is 268 g/mol. The Morgan fingerprint density at radius 3 is 2.47 bits per heavy atom. The fraction of sp³-hybridized carbons (Fsp3) is 1.00. The Labute approximate surface area is 109 Å². The largest absolute Gasteiger partial charge is 0.382 e. The van der Waals surface area contributed by atoms with Gasteiger partial charge in [-0.3, -0.25) is 0 Å². The maximum Gasteiger partial charge on any atom is 0.114 e. The zero-order valence-electron chi connectivity index (χ0n) is 11.0. The van der Waals surface area contributed by atoms with Crippen LogP contribution >= 0.6 is 12.9 Å². The molecule has 0 aromatic rings. The van der Waals surface area contributed by atoms with Gasteiger partial charge in [0.15, 0.2) is 0 Å². The van der Waals surface area contributed by atoms with E-state index in [-0.39, 0.29) is 18.3 Å². The van der Waals surface area contributed by atoms with Crippen LogP contribution in [0.4, 0.5) is 0 Å². The first kappa shape index (κ1) is 17.2. The maximum absolute atomic E-state index is 5.57. The molecule has 0 aliphatic carbocycles. The molecule has 1 aliphatic heterocycles. The van der Waals surface area contributed by atoms with Crippen LogP contribution in [0.15, 0.2) is 0 Å². The van der Waals surface area contributed by atoms with Crippen molar-refractivity contribution in [1.29, 1.82) is 0 Å². The van der Waals surface area contributed by atoms with Crippen molar-refractivity contribution < 1.29 is 23.1 Å². The van der Waals surface area contributed by atoms with Crippen molar-refractivity contribution in [2.24, 2.45) is 0 Å². The van der Waals surface area contributed by atoms with Crippen molar-refractivity contribution in [3.63, 3.8) is 0 Å². The quantitative estimate of drug-likeness (QED) is 0.429. The summed E-state index contributed by atoms with van der Waals surface area (Å²) < 4.78 is 26.0. The van der Waals surface area contributed by atoms with Gasteiger partial charge in [0.25, 0.3) is 0 Å². The van der Waals surface area contributed by atoms with E-state index in [1.165, 1.54) is 0 Å². The molecule has 1 rings (SSSR count). The molecule has 0 amide bonds. The van der Waals surface area contributed by atoms with Crippen molar-refractivity contribution in [2.45, 2.75) is 32.2 Å². The Bertz CT molecular complexity index is 170. The standard InChI is InChI=1S/C9H18O5S.C2H6/c1-10-3-4-12-7-5-13-8(6-14-15)9(7)11-2;1-2/h7-9,15H,3-6H2,1-2H3;1-2H3. The van der Waals surface area contributed by atoms with Gasteiger partial charge in [0.1, 0.15) is 18.3 Å². The van der Waals surface area contributed by atoms with E-state index < -0.39 is 0 Å². The van der Waals surface area contributed by atoms with E-state index in [1.54, 1.807) is 14.2 Å². The number of methoxy groups -OCH3 is 2. The molecule has 1 heterocycles. The second-order valence-corrected chi connectivity index (χ2v) is 3.53. The Morgan fingerprint density at radius 1 is 1.24 bits per heavy atom. The number of ether oxygens (including phenoxy) is 4. The molecule has 0 spiro atoms. The highest BCUT2D eigenvalue weighted by Gasteiger charge is 2.38. The molecular weight excluding hydrogens is 244 g/mol. The van der Waals surface area contributed by atoms with E-state index in [0.29, 0.717) is 26.4 Å². The van der Waals surface area contributed by atoms with Gasteiger partial charge in [-0.15, -0.1) is 0 Å². The molecule has 0 bridgehead atoms. The van der Waals surface area contributed by atoms with Gasteiger partial charge in [0.2, 0.25) is 0 Å². The molecule has 0 aromatic carbocycles. The molecule has 0 aromatic heterocycles. The third-order valence-electron chi connectivity index (χ3n) is 2.34. The predicted molar refractivity (Wildman–Crippen MR) is 68.4 cm³/mol. The van der Waals surface area contributed by atoms with E-state index >= 15 is 0 Å². The Balaban J connectivity index is 0.00000121. The average Bonchev–Trinajstić information content (AvgIpc) is 2.75. The SMILES string of the molecule is CC.COCCOC1COC(COS)C1OC. The Morgan fingerprint density at radius 2 is 1.94 bits per heavy atom. The normalized spacial score (nSPS) is 27.7. The van der Waals surface area contributed by atoms with E-state index in [1.807, 2.05) is 13.8 Å². The molecule has 1 fully saturated rings. The lowest BCUT2D eigenvalue weighted by Gasteiger charge is -2.20. The van der Waals surface area contributed by atoms with Gasteiger partial charge in [0.05, 0.1) is 26.4 Å². The summed E-state index contributed by atoms with van der Waals surface area (Å²) >= 11 is 3.69. The van der Waals surface area contributed by atoms with Gasteiger partial charge < -0.3 is 23.1 Å². The van der Waals surface area contributed by atoms with E-state index in [2.05, 4.69) is 12.9 Å². The summed E-state index contributed by atoms with van der Waals surface area (Å²) in [5.74, 6) is 0. The summed E-state index contributed by atoms with van der Waals surface area (Å²) in [6.45, 7) is 6.02. The summed E-state index contributed by atoms with van der Waals surface area (Å²) in [4.78, 5) is 0. The van der Waals surface area contributed by atoms with E-state index in [0.717, 1.165) is 0 Å². The second kappa shape index (κ2) is 11.3. The van der Waals surface area contributed by atoms with Crippen molar-refractivity contribution in [2.75, 3.05) is 40.6 Å². The summed E-state index contributed by atoms with van der Waals surface area (Å²) in [6.07, 6.45) is -0.271. The van der Waals surface area contributed by atoms with Gasteiger partial charge in [-0.2, -0.15) is 0 Å². The van der Waals surface area contributed by atoms with Crippen molar-refractivity contribution >= 4 is 12.9 Å². The highest BCUT2D eigenvalue weighted by molar-refractivity contribution is 7.75. The van der Waals surface area contributed by atoms with Crippen LogP contribution in [-0.2, 0) is 23.1 Å². The lowest BCUT2D eigenvalue weighted by atomic mass is 10.1. The van der Waals surface area contributed by atoms with Crippen LogP contribution in [0.5, 0.6) is 0 Å². The fourth-order valence-corrected chi connectivity index (χ4v) is 1.74.